The van der Waals surface area contributed by atoms with E-state index in [1.807, 2.05) is 0 Å². The molecule has 0 aliphatic carbocycles. The molecule has 3 rings (SSSR count). The summed E-state index contributed by atoms with van der Waals surface area (Å²) < 4.78 is 32.5. The van der Waals surface area contributed by atoms with E-state index in [2.05, 4.69) is 10.0 Å². The molecule has 0 saturated carbocycles. The number of halogens is 1. The highest BCUT2D eigenvalue weighted by Gasteiger charge is 2.23. The number of hydrogen-bond acceptors (Lipinski definition) is 4. The van der Waals surface area contributed by atoms with Gasteiger partial charge in [-0.2, -0.15) is 0 Å². The number of carbonyl (C=O) groups excluding carboxylic acids is 1. The Bertz CT molecular complexity index is 845. The van der Waals surface area contributed by atoms with Gasteiger partial charge in [-0.05, 0) is 61.4 Å². The second-order valence-electron chi connectivity index (χ2n) is 5.63. The van der Waals surface area contributed by atoms with Crippen LogP contribution >= 0.6 is 11.6 Å². The average molecular weight is 381 g/mol. The molecule has 0 radical (unpaired) electrons. The van der Waals surface area contributed by atoms with E-state index in [4.69, 9.17) is 16.3 Å². The fourth-order valence-corrected chi connectivity index (χ4v) is 3.64. The summed E-state index contributed by atoms with van der Waals surface area (Å²) in [7, 11) is -3.72. The van der Waals surface area contributed by atoms with E-state index >= 15 is 0 Å². The lowest BCUT2D eigenvalue weighted by atomic mass is 10.2. The van der Waals surface area contributed by atoms with Gasteiger partial charge >= 0.3 is 0 Å². The minimum absolute atomic E-state index is 0.0950. The highest BCUT2D eigenvalue weighted by atomic mass is 35.5. The third kappa shape index (κ3) is 4.50. The van der Waals surface area contributed by atoms with Crippen molar-refractivity contribution in [2.24, 2.45) is 0 Å². The Morgan fingerprint density at radius 1 is 1.04 bits per heavy atom. The van der Waals surface area contributed by atoms with E-state index < -0.39 is 16.1 Å². The largest absolute Gasteiger partial charge is 0.368 e. The van der Waals surface area contributed by atoms with Crippen LogP contribution in [-0.4, -0.2) is 27.0 Å². The van der Waals surface area contributed by atoms with Crippen LogP contribution < -0.4 is 10.0 Å². The van der Waals surface area contributed by atoms with Gasteiger partial charge in [-0.1, -0.05) is 11.6 Å². The van der Waals surface area contributed by atoms with E-state index in [0.717, 1.165) is 6.42 Å². The molecule has 2 N–H and O–H groups in total. The molecule has 1 heterocycles. The van der Waals surface area contributed by atoms with Crippen LogP contribution in [0.2, 0.25) is 5.02 Å². The van der Waals surface area contributed by atoms with Gasteiger partial charge in [0, 0.05) is 23.0 Å². The smallest absolute Gasteiger partial charge is 0.261 e. The number of carbonyl (C=O) groups is 1. The van der Waals surface area contributed by atoms with E-state index in [1.165, 1.54) is 12.1 Å². The molecule has 1 aliphatic heterocycles. The lowest BCUT2D eigenvalue weighted by molar-refractivity contribution is -0.124. The minimum Gasteiger partial charge on any atom is -0.368 e. The molecule has 132 valence electrons. The normalized spacial score (nSPS) is 17.2. The van der Waals surface area contributed by atoms with Gasteiger partial charge < -0.3 is 10.1 Å². The van der Waals surface area contributed by atoms with Crippen LogP contribution in [-0.2, 0) is 19.6 Å². The summed E-state index contributed by atoms with van der Waals surface area (Å²) in [5.41, 5.74) is 0.936. The zero-order valence-electron chi connectivity index (χ0n) is 13.2. The van der Waals surface area contributed by atoms with Gasteiger partial charge in [0.25, 0.3) is 15.9 Å². The van der Waals surface area contributed by atoms with E-state index in [0.29, 0.717) is 29.4 Å². The van der Waals surface area contributed by atoms with Gasteiger partial charge in [-0.15, -0.1) is 0 Å². The molecular weight excluding hydrogens is 364 g/mol. The third-order valence-electron chi connectivity index (χ3n) is 3.75. The van der Waals surface area contributed by atoms with Crippen molar-refractivity contribution in [1.29, 1.82) is 0 Å². The van der Waals surface area contributed by atoms with E-state index in [-0.39, 0.29) is 10.8 Å². The van der Waals surface area contributed by atoms with Crippen molar-refractivity contribution < 1.29 is 17.9 Å². The number of rotatable bonds is 5. The molecule has 1 aliphatic rings. The fraction of sp³-hybridized carbons (Fsp3) is 0.235. The van der Waals surface area contributed by atoms with Crippen LogP contribution in [0.1, 0.15) is 12.8 Å². The van der Waals surface area contributed by atoms with Gasteiger partial charge in [0.15, 0.2) is 0 Å². The zero-order chi connectivity index (χ0) is 17.9. The van der Waals surface area contributed by atoms with Crippen LogP contribution in [0.5, 0.6) is 0 Å². The van der Waals surface area contributed by atoms with Crippen molar-refractivity contribution in [3.05, 3.63) is 53.6 Å². The maximum absolute atomic E-state index is 12.4. The average Bonchev–Trinajstić information content (AvgIpc) is 3.12. The molecule has 0 aromatic heterocycles. The Morgan fingerprint density at radius 3 is 2.28 bits per heavy atom. The summed E-state index contributed by atoms with van der Waals surface area (Å²) in [4.78, 5) is 12.1. The van der Waals surface area contributed by atoms with Crippen LogP contribution in [0.4, 0.5) is 11.4 Å². The van der Waals surface area contributed by atoms with Crippen molar-refractivity contribution in [3.63, 3.8) is 0 Å². The second kappa shape index (κ2) is 7.43. The van der Waals surface area contributed by atoms with Gasteiger partial charge in [0.05, 0.1) is 4.90 Å². The molecule has 1 saturated heterocycles. The first-order valence-electron chi connectivity index (χ1n) is 7.75. The van der Waals surface area contributed by atoms with Crippen molar-refractivity contribution in [2.45, 2.75) is 23.8 Å². The number of ether oxygens (including phenoxy) is 1. The van der Waals surface area contributed by atoms with Crippen molar-refractivity contribution in [3.8, 4) is 0 Å². The Morgan fingerprint density at radius 2 is 1.68 bits per heavy atom. The highest BCUT2D eigenvalue weighted by molar-refractivity contribution is 7.92. The van der Waals surface area contributed by atoms with Gasteiger partial charge in [0.1, 0.15) is 6.10 Å². The number of sulfonamides is 1. The molecule has 0 spiro atoms. The lowest BCUT2D eigenvalue weighted by Crippen LogP contribution is -2.26. The van der Waals surface area contributed by atoms with Crippen molar-refractivity contribution >= 4 is 38.9 Å². The molecule has 0 bridgehead atoms. The quantitative estimate of drug-likeness (QED) is 0.833. The third-order valence-corrected chi connectivity index (χ3v) is 5.40. The second-order valence-corrected chi connectivity index (χ2v) is 7.75. The van der Waals surface area contributed by atoms with Gasteiger partial charge in [-0.3, -0.25) is 9.52 Å². The maximum Gasteiger partial charge on any atom is 0.261 e. The number of nitrogens with one attached hydrogen (secondary N) is 2. The Hall–Kier alpha value is -2.09. The minimum atomic E-state index is -3.72. The molecule has 8 heteroatoms. The summed E-state index contributed by atoms with van der Waals surface area (Å²) in [6.07, 6.45) is 1.13. The van der Waals surface area contributed by atoms with Crippen molar-refractivity contribution in [1.82, 2.24) is 0 Å². The standard InChI is InChI=1S/C17H17ClN2O4S/c18-12-3-5-14(6-4-12)20-25(22,23)15-9-7-13(8-10-15)19-17(21)16-2-1-11-24-16/h3-10,16,20H,1-2,11H2,(H,19,21)/t16-/m0/s1. The number of hydrogen-bond donors (Lipinski definition) is 2. The Balaban J connectivity index is 1.68. The molecular formula is C17H17ClN2O4S. The predicted octanol–water partition coefficient (Wildman–Crippen LogP) is 3.26. The maximum atomic E-state index is 12.4. The molecule has 2 aromatic rings. The molecule has 25 heavy (non-hydrogen) atoms. The first kappa shape index (κ1) is 17.7. The molecule has 1 fully saturated rings. The topological polar surface area (TPSA) is 84.5 Å². The fourth-order valence-electron chi connectivity index (χ4n) is 2.46. The van der Waals surface area contributed by atoms with Crippen LogP contribution in [0, 0.1) is 0 Å². The van der Waals surface area contributed by atoms with Crippen LogP contribution in [0.3, 0.4) is 0 Å². The number of benzene rings is 2. The van der Waals surface area contributed by atoms with E-state index in [9.17, 15) is 13.2 Å². The molecule has 2 aromatic carbocycles. The van der Waals surface area contributed by atoms with Crippen molar-refractivity contribution in [2.75, 3.05) is 16.6 Å². The zero-order valence-corrected chi connectivity index (χ0v) is 14.8. The Kier molecular flexibility index (Phi) is 5.27. The molecule has 6 nitrogen and oxygen atoms in total. The van der Waals surface area contributed by atoms with Gasteiger partial charge in [0.2, 0.25) is 0 Å². The first-order valence-corrected chi connectivity index (χ1v) is 9.61. The lowest BCUT2D eigenvalue weighted by Gasteiger charge is -2.11. The SMILES string of the molecule is O=C(Nc1ccc(S(=O)(=O)Nc2ccc(Cl)cc2)cc1)[C@@H]1CCCO1. The monoisotopic (exact) mass is 380 g/mol. The van der Waals surface area contributed by atoms with Crippen LogP contribution in [0.25, 0.3) is 0 Å². The van der Waals surface area contributed by atoms with Gasteiger partial charge in [-0.25, -0.2) is 8.42 Å². The summed E-state index contributed by atoms with van der Waals surface area (Å²) in [5.74, 6) is -0.215. The van der Waals surface area contributed by atoms with E-state index in [1.54, 1.807) is 36.4 Å². The predicted molar refractivity (Wildman–Crippen MR) is 96.3 cm³/mol. The summed E-state index contributed by atoms with van der Waals surface area (Å²) in [6.45, 7) is 0.589. The first-order chi connectivity index (χ1) is 11.9. The molecule has 0 unspecified atom stereocenters. The summed E-state index contributed by atoms with van der Waals surface area (Å²) in [6, 6.07) is 12.3. The van der Waals surface area contributed by atoms with Crippen LogP contribution in [0.15, 0.2) is 53.4 Å². The number of amides is 1. The molecule has 1 atom stereocenters. The summed E-state index contributed by atoms with van der Waals surface area (Å²) >= 11 is 5.79. The number of anilines is 2. The Labute approximate surface area is 151 Å². The highest BCUT2D eigenvalue weighted by Crippen LogP contribution is 2.21. The summed E-state index contributed by atoms with van der Waals surface area (Å²) in [5, 5.41) is 3.25. The molecule has 1 amide bonds.